The maximum atomic E-state index is 11.0. The molecule has 0 aliphatic rings. The number of hydrogen-bond donors (Lipinski definition) is 1. The highest BCUT2D eigenvalue weighted by atomic mass is 35.5. The molecule has 5 heteroatoms. The van der Waals surface area contributed by atoms with Gasteiger partial charge in [0, 0.05) is 23.5 Å². The molecule has 0 heterocycles. The van der Waals surface area contributed by atoms with Gasteiger partial charge in [-0.15, -0.1) is 0 Å². The first kappa shape index (κ1) is 13.0. The highest BCUT2D eigenvalue weighted by Gasteiger charge is 2.06. The number of carbonyl (C=O) groups excluding carboxylic acids is 2. The second-order valence-electron chi connectivity index (χ2n) is 3.30. The molecule has 0 aromatic heterocycles. The predicted molar refractivity (Wildman–Crippen MR) is 63.9 cm³/mol. The van der Waals surface area contributed by atoms with E-state index in [4.69, 9.17) is 23.2 Å². The largest absolute Gasteiger partial charge is 0.349 e. The van der Waals surface area contributed by atoms with Gasteiger partial charge in [0.1, 0.15) is 0 Å². The molecule has 1 aromatic carbocycles. The Labute approximate surface area is 104 Å². The van der Waals surface area contributed by atoms with Crippen molar-refractivity contribution in [3.05, 3.63) is 33.8 Å². The summed E-state index contributed by atoms with van der Waals surface area (Å²) in [5.74, 6) is -1.08. The maximum Gasteiger partial charge on any atom is 0.287 e. The number of nitrogens with one attached hydrogen (secondary N) is 1. The maximum absolute atomic E-state index is 11.0. The van der Waals surface area contributed by atoms with Crippen LogP contribution in [0.4, 0.5) is 0 Å². The molecular formula is C11H11Cl2NO2. The van der Waals surface area contributed by atoms with Crippen molar-refractivity contribution >= 4 is 34.9 Å². The number of hydrogen-bond acceptors (Lipinski definition) is 2. The minimum Gasteiger partial charge on any atom is -0.349 e. The van der Waals surface area contributed by atoms with Crippen LogP contribution in [0.2, 0.25) is 10.0 Å². The fraction of sp³-hybridized carbons (Fsp3) is 0.273. The normalized spacial score (nSPS) is 9.94. The van der Waals surface area contributed by atoms with Crippen LogP contribution in [0, 0.1) is 0 Å². The summed E-state index contributed by atoms with van der Waals surface area (Å²) in [5, 5.41) is 3.62. The number of halogens is 2. The van der Waals surface area contributed by atoms with Crippen LogP contribution in [0.25, 0.3) is 0 Å². The van der Waals surface area contributed by atoms with Crippen molar-refractivity contribution in [3.8, 4) is 0 Å². The van der Waals surface area contributed by atoms with E-state index in [0.717, 1.165) is 5.56 Å². The molecule has 0 radical (unpaired) electrons. The lowest BCUT2D eigenvalue weighted by Crippen LogP contribution is -2.30. The first-order chi connectivity index (χ1) is 7.50. The molecule has 0 saturated carbocycles. The molecular weight excluding hydrogens is 249 g/mol. The summed E-state index contributed by atoms with van der Waals surface area (Å²) in [6.45, 7) is 1.60. The van der Waals surface area contributed by atoms with Crippen LogP contribution in [0.1, 0.15) is 12.5 Å². The second-order valence-corrected chi connectivity index (χ2v) is 4.14. The lowest BCUT2D eigenvalue weighted by molar-refractivity contribution is -0.136. The van der Waals surface area contributed by atoms with Crippen molar-refractivity contribution in [2.75, 3.05) is 6.54 Å². The minimum atomic E-state index is -0.579. The number of benzene rings is 1. The van der Waals surface area contributed by atoms with Gasteiger partial charge in [0.15, 0.2) is 0 Å². The highest BCUT2D eigenvalue weighted by molar-refractivity contribution is 6.35. The van der Waals surface area contributed by atoms with Gasteiger partial charge in [-0.1, -0.05) is 29.3 Å². The van der Waals surface area contributed by atoms with Crippen LogP contribution in [0.5, 0.6) is 0 Å². The molecule has 0 aliphatic heterocycles. The van der Waals surface area contributed by atoms with Gasteiger partial charge in [-0.2, -0.15) is 0 Å². The monoisotopic (exact) mass is 259 g/mol. The standard InChI is InChI=1S/C11H11Cl2NO2/c1-7(15)11(16)14-5-4-8-2-3-9(12)6-10(8)13/h2-3,6H,4-5H2,1H3,(H,14,16). The van der Waals surface area contributed by atoms with E-state index in [1.165, 1.54) is 6.92 Å². The van der Waals surface area contributed by atoms with Crippen LogP contribution < -0.4 is 5.32 Å². The summed E-state index contributed by atoms with van der Waals surface area (Å²) in [6, 6.07) is 5.17. The summed E-state index contributed by atoms with van der Waals surface area (Å²) < 4.78 is 0. The third-order valence-electron chi connectivity index (χ3n) is 2.01. The van der Waals surface area contributed by atoms with Crippen LogP contribution in [0.15, 0.2) is 18.2 Å². The van der Waals surface area contributed by atoms with E-state index < -0.39 is 11.7 Å². The van der Waals surface area contributed by atoms with Gasteiger partial charge in [-0.3, -0.25) is 9.59 Å². The van der Waals surface area contributed by atoms with Crippen molar-refractivity contribution in [3.63, 3.8) is 0 Å². The van der Waals surface area contributed by atoms with E-state index in [1.54, 1.807) is 18.2 Å². The molecule has 1 amide bonds. The molecule has 0 aliphatic carbocycles. The first-order valence-electron chi connectivity index (χ1n) is 4.73. The topological polar surface area (TPSA) is 46.2 Å². The zero-order valence-electron chi connectivity index (χ0n) is 8.72. The Hall–Kier alpha value is -1.06. The highest BCUT2D eigenvalue weighted by Crippen LogP contribution is 2.20. The lowest BCUT2D eigenvalue weighted by atomic mass is 10.1. The Morgan fingerprint density at radius 1 is 1.31 bits per heavy atom. The number of carbonyl (C=O) groups is 2. The Morgan fingerprint density at radius 2 is 2.00 bits per heavy atom. The zero-order valence-corrected chi connectivity index (χ0v) is 10.2. The molecule has 1 rings (SSSR count). The number of rotatable bonds is 4. The average Bonchev–Trinajstić information content (AvgIpc) is 2.20. The molecule has 0 unspecified atom stereocenters. The van der Waals surface area contributed by atoms with E-state index in [2.05, 4.69) is 5.32 Å². The van der Waals surface area contributed by atoms with E-state index in [1.807, 2.05) is 0 Å². The first-order valence-corrected chi connectivity index (χ1v) is 5.49. The van der Waals surface area contributed by atoms with Gasteiger partial charge in [-0.05, 0) is 24.1 Å². The van der Waals surface area contributed by atoms with Gasteiger partial charge in [0.05, 0.1) is 0 Å². The Morgan fingerprint density at radius 3 is 2.56 bits per heavy atom. The Kier molecular flexibility index (Phi) is 4.77. The molecule has 1 N–H and O–H groups in total. The Balaban J connectivity index is 2.49. The van der Waals surface area contributed by atoms with Crippen molar-refractivity contribution in [1.29, 1.82) is 0 Å². The van der Waals surface area contributed by atoms with Crippen molar-refractivity contribution in [2.45, 2.75) is 13.3 Å². The van der Waals surface area contributed by atoms with E-state index >= 15 is 0 Å². The quantitative estimate of drug-likeness (QED) is 0.844. The number of Topliss-reactive ketones (excluding diaryl/α,β-unsaturated/α-hetero) is 1. The summed E-state index contributed by atoms with van der Waals surface area (Å²) in [5.41, 5.74) is 0.884. The van der Waals surface area contributed by atoms with Crippen LogP contribution in [-0.2, 0) is 16.0 Å². The van der Waals surface area contributed by atoms with Gasteiger partial charge in [0.2, 0.25) is 5.78 Å². The average molecular weight is 260 g/mol. The van der Waals surface area contributed by atoms with E-state index in [0.29, 0.717) is 23.0 Å². The van der Waals surface area contributed by atoms with E-state index in [9.17, 15) is 9.59 Å². The van der Waals surface area contributed by atoms with Crippen LogP contribution >= 0.6 is 23.2 Å². The number of amides is 1. The molecule has 0 bridgehead atoms. The second kappa shape index (κ2) is 5.87. The van der Waals surface area contributed by atoms with Gasteiger partial charge in [0.25, 0.3) is 5.91 Å². The van der Waals surface area contributed by atoms with Gasteiger partial charge in [-0.25, -0.2) is 0 Å². The summed E-state index contributed by atoms with van der Waals surface area (Å²) in [7, 11) is 0. The van der Waals surface area contributed by atoms with Crippen molar-refractivity contribution < 1.29 is 9.59 Å². The minimum absolute atomic E-state index is 0.375. The van der Waals surface area contributed by atoms with Crippen molar-refractivity contribution in [2.24, 2.45) is 0 Å². The van der Waals surface area contributed by atoms with Gasteiger partial charge < -0.3 is 5.32 Å². The molecule has 0 atom stereocenters. The van der Waals surface area contributed by atoms with Gasteiger partial charge >= 0.3 is 0 Å². The predicted octanol–water partition coefficient (Wildman–Crippen LogP) is 2.24. The molecule has 0 saturated heterocycles. The summed E-state index contributed by atoms with van der Waals surface area (Å²) in [4.78, 5) is 21.6. The smallest absolute Gasteiger partial charge is 0.287 e. The fourth-order valence-electron chi connectivity index (χ4n) is 1.16. The summed E-state index contributed by atoms with van der Waals surface area (Å²) >= 11 is 11.7. The lowest BCUT2D eigenvalue weighted by Gasteiger charge is -2.05. The SMILES string of the molecule is CC(=O)C(=O)NCCc1ccc(Cl)cc1Cl. The fourth-order valence-corrected chi connectivity index (χ4v) is 1.66. The van der Waals surface area contributed by atoms with Crippen LogP contribution in [-0.4, -0.2) is 18.2 Å². The number of ketones is 1. The van der Waals surface area contributed by atoms with Crippen molar-refractivity contribution in [1.82, 2.24) is 5.32 Å². The molecule has 0 fully saturated rings. The molecule has 3 nitrogen and oxygen atoms in total. The molecule has 86 valence electrons. The molecule has 16 heavy (non-hydrogen) atoms. The Bertz CT molecular complexity index is 418. The van der Waals surface area contributed by atoms with E-state index in [-0.39, 0.29) is 0 Å². The zero-order chi connectivity index (χ0) is 12.1. The molecule has 1 aromatic rings. The van der Waals surface area contributed by atoms with Crippen LogP contribution in [0.3, 0.4) is 0 Å². The summed E-state index contributed by atoms with van der Waals surface area (Å²) in [6.07, 6.45) is 0.565. The third kappa shape index (κ3) is 3.83. The molecule has 0 spiro atoms. The third-order valence-corrected chi connectivity index (χ3v) is 2.60.